The first-order chi connectivity index (χ1) is 12.8. The van der Waals surface area contributed by atoms with E-state index in [0.717, 1.165) is 6.42 Å². The first-order valence-electron chi connectivity index (χ1n) is 9.06. The molecule has 0 amide bonds. The highest BCUT2D eigenvalue weighted by molar-refractivity contribution is 6.18. The Morgan fingerprint density at radius 3 is 2.54 bits per heavy atom. The fourth-order valence-electron chi connectivity index (χ4n) is 4.12. The summed E-state index contributed by atoms with van der Waals surface area (Å²) in [5.41, 5.74) is 1.24. The normalized spacial score (nSPS) is 17.1. The molecule has 0 spiro atoms. The van der Waals surface area contributed by atoms with Crippen molar-refractivity contribution < 1.29 is 4.79 Å². The monoisotopic (exact) mass is 337 g/mol. The average molecular weight is 337 g/mol. The Morgan fingerprint density at radius 1 is 0.808 bits per heavy atom. The van der Waals surface area contributed by atoms with E-state index in [1.807, 2.05) is 12.3 Å². The van der Waals surface area contributed by atoms with Gasteiger partial charge in [-0.15, -0.1) is 0 Å². The minimum absolute atomic E-state index is 0.0439. The lowest BCUT2D eigenvalue weighted by Crippen LogP contribution is -2.30. The molecule has 0 aliphatic carbocycles. The lowest BCUT2D eigenvalue weighted by Gasteiger charge is -2.18. The summed E-state index contributed by atoms with van der Waals surface area (Å²) in [6, 6.07) is 23.8. The summed E-state index contributed by atoms with van der Waals surface area (Å²) < 4.78 is 0. The molecule has 1 aliphatic rings. The van der Waals surface area contributed by atoms with Crippen LogP contribution < -0.4 is 5.32 Å². The van der Waals surface area contributed by atoms with Crippen molar-refractivity contribution in [1.82, 2.24) is 5.32 Å². The molecular weight excluding hydrogens is 318 g/mol. The van der Waals surface area contributed by atoms with Crippen molar-refractivity contribution in [2.24, 2.45) is 5.92 Å². The van der Waals surface area contributed by atoms with Crippen molar-refractivity contribution >= 4 is 38.1 Å². The van der Waals surface area contributed by atoms with E-state index in [1.54, 1.807) is 0 Å². The lowest BCUT2D eigenvalue weighted by atomic mass is 9.88. The summed E-state index contributed by atoms with van der Waals surface area (Å²) in [4.78, 5) is 12.3. The number of hydrogen-bond acceptors (Lipinski definition) is 2. The molecule has 2 heteroatoms. The summed E-state index contributed by atoms with van der Waals surface area (Å²) >= 11 is 0. The second-order valence-corrected chi connectivity index (χ2v) is 6.98. The Labute approximate surface area is 152 Å². The molecule has 0 bridgehead atoms. The minimum atomic E-state index is -0.0439. The van der Waals surface area contributed by atoms with Gasteiger partial charge < -0.3 is 5.32 Å². The van der Waals surface area contributed by atoms with E-state index >= 15 is 0 Å². The Bertz CT molecular complexity index is 1190. The lowest BCUT2D eigenvalue weighted by molar-refractivity contribution is -0.120. The van der Waals surface area contributed by atoms with Crippen LogP contribution in [0.1, 0.15) is 5.56 Å². The summed E-state index contributed by atoms with van der Waals surface area (Å²) in [5.74, 6) is 0.216. The molecule has 0 saturated heterocycles. The average Bonchev–Trinajstić information content (AvgIpc) is 2.69. The number of hydrogen-bond donors (Lipinski definition) is 1. The summed E-state index contributed by atoms with van der Waals surface area (Å²) in [6.45, 7) is 0.428. The summed E-state index contributed by atoms with van der Waals surface area (Å²) in [7, 11) is 0. The van der Waals surface area contributed by atoms with Crippen molar-refractivity contribution in [3.63, 3.8) is 0 Å². The van der Waals surface area contributed by atoms with E-state index in [4.69, 9.17) is 0 Å². The molecular formula is C24H19NO. The molecule has 1 heterocycles. The quantitative estimate of drug-likeness (QED) is 0.522. The van der Waals surface area contributed by atoms with Crippen molar-refractivity contribution in [3.05, 3.63) is 84.6 Å². The number of fused-ring (bicyclic) bond motifs is 5. The van der Waals surface area contributed by atoms with E-state index in [0.29, 0.717) is 6.54 Å². The van der Waals surface area contributed by atoms with Gasteiger partial charge in [0.1, 0.15) is 0 Å². The minimum Gasteiger partial charge on any atom is -0.384 e. The van der Waals surface area contributed by atoms with Gasteiger partial charge in [0.2, 0.25) is 0 Å². The van der Waals surface area contributed by atoms with Crippen LogP contribution in [0.2, 0.25) is 0 Å². The smallest absolute Gasteiger partial charge is 0.159 e. The third-order valence-corrected chi connectivity index (χ3v) is 5.43. The van der Waals surface area contributed by atoms with Gasteiger partial charge in [-0.3, -0.25) is 4.79 Å². The molecule has 1 atom stereocenters. The third-order valence-electron chi connectivity index (χ3n) is 5.43. The van der Waals surface area contributed by atoms with Gasteiger partial charge >= 0.3 is 0 Å². The molecule has 1 aliphatic heterocycles. The highest BCUT2D eigenvalue weighted by Gasteiger charge is 2.19. The molecule has 0 radical (unpaired) electrons. The number of ketones is 1. The fraction of sp³-hybridized carbons (Fsp3) is 0.125. The van der Waals surface area contributed by atoms with Crippen LogP contribution >= 0.6 is 0 Å². The first kappa shape index (κ1) is 15.2. The zero-order valence-electron chi connectivity index (χ0n) is 14.4. The number of carbonyl (C=O) groups excluding carboxylic acids is 1. The van der Waals surface area contributed by atoms with Gasteiger partial charge in [0.15, 0.2) is 5.78 Å². The van der Waals surface area contributed by atoms with Crippen LogP contribution in [0.4, 0.5) is 0 Å². The SMILES string of the molecule is O=C1CNC=CC1Cc1cccc2ccc3c4ccccc4ccc3c12. The van der Waals surface area contributed by atoms with Crippen molar-refractivity contribution in [3.8, 4) is 0 Å². The number of nitrogens with one attached hydrogen (secondary N) is 1. The second-order valence-electron chi connectivity index (χ2n) is 6.98. The van der Waals surface area contributed by atoms with Gasteiger partial charge in [0, 0.05) is 5.92 Å². The van der Waals surface area contributed by atoms with Crippen molar-refractivity contribution in [2.75, 3.05) is 6.54 Å². The van der Waals surface area contributed by atoms with Gasteiger partial charge in [-0.2, -0.15) is 0 Å². The molecule has 4 aromatic rings. The predicted octanol–water partition coefficient (Wildman–Crippen LogP) is 4.99. The van der Waals surface area contributed by atoms with Gasteiger partial charge in [0.05, 0.1) is 6.54 Å². The van der Waals surface area contributed by atoms with Crippen LogP contribution in [0.3, 0.4) is 0 Å². The van der Waals surface area contributed by atoms with Crippen LogP contribution in [0.5, 0.6) is 0 Å². The van der Waals surface area contributed by atoms with Crippen molar-refractivity contribution in [1.29, 1.82) is 0 Å². The fourth-order valence-corrected chi connectivity index (χ4v) is 4.12. The van der Waals surface area contributed by atoms with Gasteiger partial charge in [-0.1, -0.05) is 72.8 Å². The molecule has 5 rings (SSSR count). The highest BCUT2D eigenvalue weighted by Crippen LogP contribution is 2.34. The molecule has 1 N–H and O–H groups in total. The largest absolute Gasteiger partial charge is 0.384 e. The molecule has 0 fully saturated rings. The Kier molecular flexibility index (Phi) is 3.49. The van der Waals surface area contributed by atoms with Gasteiger partial charge in [-0.05, 0) is 50.5 Å². The van der Waals surface area contributed by atoms with Crippen LogP contribution in [-0.4, -0.2) is 12.3 Å². The molecule has 0 aromatic heterocycles. The number of rotatable bonds is 2. The maximum Gasteiger partial charge on any atom is 0.159 e. The van der Waals surface area contributed by atoms with Crippen molar-refractivity contribution in [2.45, 2.75) is 6.42 Å². The molecule has 1 unspecified atom stereocenters. The number of Topliss-reactive ketones (excluding diaryl/α,β-unsaturated/α-hetero) is 1. The molecule has 26 heavy (non-hydrogen) atoms. The van der Waals surface area contributed by atoms with E-state index in [9.17, 15) is 4.79 Å². The van der Waals surface area contributed by atoms with Crippen LogP contribution in [-0.2, 0) is 11.2 Å². The molecule has 4 aromatic carbocycles. The second kappa shape index (κ2) is 5.99. The molecule has 2 nitrogen and oxygen atoms in total. The zero-order valence-corrected chi connectivity index (χ0v) is 14.4. The number of benzene rings is 4. The molecule has 126 valence electrons. The topological polar surface area (TPSA) is 29.1 Å². The zero-order chi connectivity index (χ0) is 17.5. The van der Waals surface area contributed by atoms with Gasteiger partial charge in [-0.25, -0.2) is 0 Å². The summed E-state index contributed by atoms with van der Waals surface area (Å²) in [6.07, 6.45) is 4.65. The maximum absolute atomic E-state index is 12.3. The number of carbonyl (C=O) groups is 1. The van der Waals surface area contributed by atoms with E-state index < -0.39 is 0 Å². The first-order valence-corrected chi connectivity index (χ1v) is 9.06. The Hall–Kier alpha value is -3.13. The van der Waals surface area contributed by atoms with E-state index in [1.165, 1.54) is 37.9 Å². The third kappa shape index (κ3) is 2.38. The van der Waals surface area contributed by atoms with Crippen LogP contribution in [0, 0.1) is 5.92 Å². The standard InChI is InChI=1S/C24H19NO/c26-23-15-25-13-12-18(23)14-19-6-3-5-17-9-10-21-20-7-2-1-4-16(20)8-11-22(21)24(17)19/h1-13,18,25H,14-15H2. The van der Waals surface area contributed by atoms with Crippen LogP contribution in [0.25, 0.3) is 32.3 Å². The number of allylic oxidation sites excluding steroid dienone is 1. The Balaban J connectivity index is 1.77. The molecule has 0 saturated carbocycles. The predicted molar refractivity (Wildman–Crippen MR) is 108 cm³/mol. The Morgan fingerprint density at radius 2 is 1.62 bits per heavy atom. The van der Waals surface area contributed by atoms with Gasteiger partial charge in [0.25, 0.3) is 0 Å². The summed E-state index contributed by atoms with van der Waals surface area (Å²) in [5, 5.41) is 10.6. The van der Waals surface area contributed by atoms with E-state index in [-0.39, 0.29) is 11.7 Å². The maximum atomic E-state index is 12.3. The van der Waals surface area contributed by atoms with Crippen LogP contribution in [0.15, 0.2) is 79.0 Å². The van der Waals surface area contributed by atoms with E-state index in [2.05, 4.69) is 72.0 Å². The highest BCUT2D eigenvalue weighted by atomic mass is 16.1.